The van der Waals surface area contributed by atoms with E-state index in [2.05, 4.69) is 0 Å². The Morgan fingerprint density at radius 3 is 2.47 bits per heavy atom. The van der Waals surface area contributed by atoms with E-state index in [0.717, 1.165) is 5.39 Å². The van der Waals surface area contributed by atoms with Crippen LogP contribution in [-0.2, 0) is 0 Å². The number of hydrogen-bond acceptors (Lipinski definition) is 3. The molecule has 2 aromatic rings. The molecule has 0 aliphatic rings. The molecule has 0 atom stereocenters. The maximum absolute atomic E-state index is 10.6. The molecule has 1 N–H and O–H groups in total. The van der Waals surface area contributed by atoms with Crippen molar-refractivity contribution in [3.63, 3.8) is 0 Å². The predicted octanol–water partition coefficient (Wildman–Crippen LogP) is -2.09. The zero-order valence-corrected chi connectivity index (χ0v) is 10.2. The molecule has 0 aliphatic carbocycles. The second kappa shape index (κ2) is 4.66. The smallest absolute Gasteiger partial charge is 0.545 e. The van der Waals surface area contributed by atoms with Gasteiger partial charge in [-0.2, -0.15) is 0 Å². The first kappa shape index (κ1) is 12.0. The van der Waals surface area contributed by atoms with Gasteiger partial charge in [0.2, 0.25) is 0 Å². The maximum atomic E-state index is 10.6. The molecule has 0 amide bonds. The standard InChI is InChI=1S/C11H8O3.Na/c12-10-8-4-2-1-3-7(8)5-6-9(10)11(13)14;/h1-6,12H,(H,13,14);/q;+1/p-1. The summed E-state index contributed by atoms with van der Waals surface area (Å²) in [6.45, 7) is 0. The Kier molecular flexibility index (Phi) is 3.74. The molecule has 0 aromatic heterocycles. The fraction of sp³-hybridized carbons (Fsp3) is 0. The number of carboxylic acid groups (broad SMARTS) is 1. The van der Waals surface area contributed by atoms with Crippen molar-refractivity contribution in [3.05, 3.63) is 42.0 Å². The normalized spacial score (nSPS) is 9.60. The summed E-state index contributed by atoms with van der Waals surface area (Å²) in [6.07, 6.45) is 0. The van der Waals surface area contributed by atoms with Gasteiger partial charge in [0.1, 0.15) is 5.75 Å². The van der Waals surface area contributed by atoms with Gasteiger partial charge in [0.05, 0.1) is 5.97 Å². The third-order valence-electron chi connectivity index (χ3n) is 2.12. The Balaban J connectivity index is 0.00000112. The van der Waals surface area contributed by atoms with Crippen molar-refractivity contribution in [1.82, 2.24) is 0 Å². The predicted molar refractivity (Wildman–Crippen MR) is 49.9 cm³/mol. The Bertz CT molecular complexity index is 508. The number of carbonyl (C=O) groups is 1. The van der Waals surface area contributed by atoms with Crippen molar-refractivity contribution in [3.8, 4) is 5.75 Å². The van der Waals surface area contributed by atoms with Crippen molar-refractivity contribution >= 4 is 16.7 Å². The van der Waals surface area contributed by atoms with E-state index in [-0.39, 0.29) is 40.9 Å². The van der Waals surface area contributed by atoms with E-state index in [9.17, 15) is 15.0 Å². The minimum atomic E-state index is -1.37. The average Bonchev–Trinajstić information content (AvgIpc) is 2.18. The van der Waals surface area contributed by atoms with Gasteiger partial charge in [-0.1, -0.05) is 30.3 Å². The largest absolute Gasteiger partial charge is 1.00 e. The summed E-state index contributed by atoms with van der Waals surface area (Å²) in [6, 6.07) is 10.00. The molecule has 3 nitrogen and oxygen atoms in total. The summed E-state index contributed by atoms with van der Waals surface area (Å²) in [5.74, 6) is -1.60. The van der Waals surface area contributed by atoms with Gasteiger partial charge in [0, 0.05) is 10.9 Å². The topological polar surface area (TPSA) is 60.4 Å². The summed E-state index contributed by atoms with van der Waals surface area (Å²) in [5.41, 5.74) is -0.177. The Morgan fingerprint density at radius 2 is 1.80 bits per heavy atom. The fourth-order valence-corrected chi connectivity index (χ4v) is 1.42. The minimum absolute atomic E-state index is 0. The van der Waals surface area contributed by atoms with E-state index >= 15 is 0 Å². The zero-order chi connectivity index (χ0) is 10.1. The Morgan fingerprint density at radius 1 is 1.13 bits per heavy atom. The average molecular weight is 210 g/mol. The number of fused-ring (bicyclic) bond motifs is 1. The van der Waals surface area contributed by atoms with E-state index in [0.29, 0.717) is 5.39 Å². The molecule has 0 aliphatic heterocycles. The van der Waals surface area contributed by atoms with Crippen LogP contribution in [0.4, 0.5) is 0 Å². The first-order valence-corrected chi connectivity index (χ1v) is 4.12. The molecule has 0 spiro atoms. The van der Waals surface area contributed by atoms with Crippen LogP contribution < -0.4 is 34.7 Å². The number of carboxylic acids is 1. The first-order chi connectivity index (χ1) is 6.70. The van der Waals surface area contributed by atoms with Crippen LogP contribution in [0, 0.1) is 0 Å². The molecule has 15 heavy (non-hydrogen) atoms. The second-order valence-corrected chi connectivity index (χ2v) is 2.97. The minimum Gasteiger partial charge on any atom is -0.545 e. The molecule has 0 radical (unpaired) electrons. The molecule has 0 heterocycles. The number of hydrogen-bond donors (Lipinski definition) is 1. The van der Waals surface area contributed by atoms with Crippen molar-refractivity contribution in [2.75, 3.05) is 0 Å². The van der Waals surface area contributed by atoms with Crippen LogP contribution in [0.5, 0.6) is 5.75 Å². The van der Waals surface area contributed by atoms with Gasteiger partial charge in [0.25, 0.3) is 0 Å². The van der Waals surface area contributed by atoms with Gasteiger partial charge in [-0.25, -0.2) is 0 Å². The van der Waals surface area contributed by atoms with E-state index in [1.54, 1.807) is 24.3 Å². The Labute approximate surface area is 109 Å². The van der Waals surface area contributed by atoms with E-state index < -0.39 is 5.97 Å². The van der Waals surface area contributed by atoms with Gasteiger partial charge in [-0.15, -0.1) is 0 Å². The summed E-state index contributed by atoms with van der Waals surface area (Å²) in [7, 11) is 0. The van der Waals surface area contributed by atoms with Crippen LogP contribution in [-0.4, -0.2) is 11.1 Å². The number of phenols is 1. The van der Waals surface area contributed by atoms with Crippen LogP contribution in [0.3, 0.4) is 0 Å². The van der Waals surface area contributed by atoms with Crippen molar-refractivity contribution < 1.29 is 44.6 Å². The van der Waals surface area contributed by atoms with E-state index in [1.807, 2.05) is 6.07 Å². The van der Waals surface area contributed by atoms with Gasteiger partial charge >= 0.3 is 29.6 Å². The summed E-state index contributed by atoms with van der Waals surface area (Å²) in [4.78, 5) is 10.6. The summed E-state index contributed by atoms with van der Waals surface area (Å²) in [5, 5.41) is 21.5. The first-order valence-electron chi connectivity index (χ1n) is 4.12. The maximum Gasteiger partial charge on any atom is 1.00 e. The molecule has 2 aromatic carbocycles. The molecule has 0 bridgehead atoms. The number of carbonyl (C=O) groups excluding carboxylic acids is 1. The van der Waals surface area contributed by atoms with Crippen LogP contribution in [0.15, 0.2) is 36.4 Å². The molecule has 0 saturated carbocycles. The molecular formula is C11H7NaO3. The van der Waals surface area contributed by atoms with Crippen LogP contribution >= 0.6 is 0 Å². The van der Waals surface area contributed by atoms with Crippen molar-refractivity contribution in [2.45, 2.75) is 0 Å². The molecule has 0 saturated heterocycles. The third-order valence-corrected chi connectivity index (χ3v) is 2.12. The third kappa shape index (κ3) is 2.15. The molecular weight excluding hydrogens is 203 g/mol. The molecule has 2 rings (SSSR count). The van der Waals surface area contributed by atoms with Gasteiger partial charge < -0.3 is 15.0 Å². The second-order valence-electron chi connectivity index (χ2n) is 2.97. The van der Waals surface area contributed by atoms with Gasteiger partial charge in [-0.3, -0.25) is 0 Å². The number of rotatable bonds is 1. The van der Waals surface area contributed by atoms with Gasteiger partial charge in [-0.05, 0) is 11.5 Å². The van der Waals surface area contributed by atoms with Crippen molar-refractivity contribution in [1.29, 1.82) is 0 Å². The van der Waals surface area contributed by atoms with Crippen molar-refractivity contribution in [2.24, 2.45) is 0 Å². The van der Waals surface area contributed by atoms with E-state index in [1.165, 1.54) is 6.07 Å². The quantitative estimate of drug-likeness (QED) is 0.549. The SMILES string of the molecule is O=C([O-])c1ccc2ccccc2c1O.[Na+]. The zero-order valence-electron chi connectivity index (χ0n) is 8.23. The molecule has 4 heteroatoms. The number of benzene rings is 2. The molecule has 0 fully saturated rings. The number of aromatic carboxylic acids is 1. The summed E-state index contributed by atoms with van der Waals surface area (Å²) < 4.78 is 0. The Hall–Kier alpha value is -1.03. The molecule has 70 valence electrons. The summed E-state index contributed by atoms with van der Waals surface area (Å²) >= 11 is 0. The van der Waals surface area contributed by atoms with E-state index in [4.69, 9.17) is 0 Å². The fourth-order valence-electron chi connectivity index (χ4n) is 1.42. The van der Waals surface area contributed by atoms with Crippen LogP contribution in [0.25, 0.3) is 10.8 Å². The van der Waals surface area contributed by atoms with Crippen LogP contribution in [0.2, 0.25) is 0 Å². The van der Waals surface area contributed by atoms with Crippen LogP contribution in [0.1, 0.15) is 10.4 Å². The van der Waals surface area contributed by atoms with Gasteiger partial charge in [0.15, 0.2) is 0 Å². The monoisotopic (exact) mass is 210 g/mol. The number of aromatic hydroxyl groups is 1. The molecule has 0 unspecified atom stereocenters.